The van der Waals surface area contributed by atoms with Gasteiger partial charge < -0.3 is 4.74 Å². The van der Waals surface area contributed by atoms with E-state index in [1.165, 1.54) is 56.5 Å². The average molecular weight is 416 g/mol. The predicted octanol–water partition coefficient (Wildman–Crippen LogP) is 5.15. The van der Waals surface area contributed by atoms with Gasteiger partial charge in [0.15, 0.2) is 5.78 Å². The summed E-state index contributed by atoms with van der Waals surface area (Å²) in [6, 6.07) is 0. The summed E-state index contributed by atoms with van der Waals surface area (Å²) in [5, 5.41) is 9.51. The number of nitrogens with zero attached hydrogens (tertiary/aromatic N) is 3. The van der Waals surface area contributed by atoms with Gasteiger partial charge in [-0.05, 0) is 99.2 Å². The molecule has 0 bridgehead atoms. The van der Waals surface area contributed by atoms with E-state index >= 15 is 0 Å². The van der Waals surface area contributed by atoms with Gasteiger partial charge in [-0.15, -0.1) is 0 Å². The van der Waals surface area contributed by atoms with E-state index in [-0.39, 0.29) is 17.9 Å². The van der Waals surface area contributed by atoms with Gasteiger partial charge >= 0.3 is 0 Å². The van der Waals surface area contributed by atoms with E-state index < -0.39 is 0 Å². The highest BCUT2D eigenvalue weighted by Gasteiger charge is 2.61. The lowest BCUT2D eigenvalue weighted by molar-refractivity contribution is -0.144. The average Bonchev–Trinajstić information content (AvgIpc) is 3.09. The number of carbonyl (C=O) groups is 1. The fourth-order valence-electron chi connectivity index (χ4n) is 8.55. The molecular weight excluding hydrogens is 374 g/mol. The zero-order chi connectivity index (χ0) is 21.5. The zero-order valence-corrected chi connectivity index (χ0v) is 19.5. The molecule has 4 saturated carbocycles. The Balaban J connectivity index is 1.52. The molecule has 0 aromatic heterocycles. The molecule has 0 N–H and O–H groups in total. The molecule has 0 heterocycles. The van der Waals surface area contributed by atoms with Crippen LogP contribution in [0, 0.1) is 40.4 Å². The van der Waals surface area contributed by atoms with Crippen LogP contribution >= 0.6 is 0 Å². The summed E-state index contributed by atoms with van der Waals surface area (Å²) in [6.07, 6.45) is 13.4. The largest absolute Gasteiger partial charge is 0.381 e. The van der Waals surface area contributed by atoms with E-state index in [9.17, 15) is 4.79 Å². The number of Topliss-reactive ketones (excluding diaryl/α,β-unsaturated/α-hetero) is 1. The Kier molecular flexibility index (Phi) is 6.13. The maximum absolute atomic E-state index is 13.3. The first-order valence-corrected chi connectivity index (χ1v) is 12.2. The minimum absolute atomic E-state index is 0.138. The van der Waals surface area contributed by atoms with Crippen molar-refractivity contribution >= 4 is 18.7 Å². The van der Waals surface area contributed by atoms with Gasteiger partial charge in [0.05, 0.1) is 6.10 Å². The summed E-state index contributed by atoms with van der Waals surface area (Å²) in [5.74, 6) is 3.58. The van der Waals surface area contributed by atoms with E-state index in [0.29, 0.717) is 23.2 Å². The Hall–Kier alpha value is -1.23. The second-order valence-electron chi connectivity index (χ2n) is 11.0. The number of ketones is 1. The van der Waals surface area contributed by atoms with E-state index in [1.54, 1.807) is 6.21 Å². The molecule has 8 unspecified atom stereocenters. The van der Waals surface area contributed by atoms with Gasteiger partial charge in [-0.2, -0.15) is 15.3 Å². The number of rotatable bonds is 6. The van der Waals surface area contributed by atoms with Crippen LogP contribution in [0.2, 0.25) is 0 Å². The van der Waals surface area contributed by atoms with Gasteiger partial charge in [-0.1, -0.05) is 13.8 Å². The predicted molar refractivity (Wildman–Crippen MR) is 121 cm³/mol. The standard InChI is InChI=1S/C25H41N3O2/c1-6-27-28(26-4)16-23(29)22-12-11-20-19-10-8-17-7-9-18(30-5)15-25(17,3)21(19)13-14-24(20,22)2/h6,17-22H,4,7-16H2,1-3,5H3/b27-6-. The van der Waals surface area contributed by atoms with Crippen molar-refractivity contribution in [2.75, 3.05) is 13.7 Å². The summed E-state index contributed by atoms with van der Waals surface area (Å²) in [6.45, 7) is 10.7. The van der Waals surface area contributed by atoms with Crippen molar-refractivity contribution in [3.8, 4) is 0 Å². The number of hydrogen-bond acceptors (Lipinski definition) is 5. The number of hydrazone groups is 2. The van der Waals surface area contributed by atoms with Crippen LogP contribution in [0.1, 0.15) is 78.6 Å². The molecule has 5 heteroatoms. The smallest absolute Gasteiger partial charge is 0.159 e. The Morgan fingerprint density at radius 1 is 1.10 bits per heavy atom. The summed E-state index contributed by atoms with van der Waals surface area (Å²) in [5.41, 5.74) is 0.560. The summed E-state index contributed by atoms with van der Waals surface area (Å²) < 4.78 is 5.83. The fraction of sp³-hybridized carbons (Fsp3) is 0.880. The Bertz CT molecular complexity index is 694. The first-order valence-electron chi connectivity index (χ1n) is 12.2. The van der Waals surface area contributed by atoms with Crippen LogP contribution in [0.5, 0.6) is 0 Å². The van der Waals surface area contributed by atoms with Gasteiger partial charge in [-0.3, -0.25) is 4.79 Å². The SMILES string of the molecule is C=NN(CC(=O)C1CCC2C3CCC4CCC(OC)CC4(C)C3CCC12C)/N=C\C. The molecule has 0 radical (unpaired) electrons. The molecule has 0 aromatic rings. The van der Waals surface area contributed by atoms with E-state index in [0.717, 1.165) is 24.2 Å². The lowest BCUT2D eigenvalue weighted by Gasteiger charge is -2.61. The van der Waals surface area contributed by atoms with E-state index in [2.05, 4.69) is 30.8 Å². The molecule has 4 aliphatic rings. The summed E-state index contributed by atoms with van der Waals surface area (Å²) >= 11 is 0. The third kappa shape index (κ3) is 3.45. The van der Waals surface area contributed by atoms with Crippen molar-refractivity contribution in [3.63, 3.8) is 0 Å². The molecule has 4 rings (SSSR count). The third-order valence-electron chi connectivity index (χ3n) is 10.0. The normalized spacial score (nSPS) is 45.5. The summed E-state index contributed by atoms with van der Waals surface area (Å²) in [7, 11) is 1.89. The molecule has 30 heavy (non-hydrogen) atoms. The van der Waals surface area contributed by atoms with Crippen LogP contribution < -0.4 is 0 Å². The van der Waals surface area contributed by atoms with Crippen molar-refractivity contribution in [2.24, 2.45) is 50.6 Å². The van der Waals surface area contributed by atoms with Crippen molar-refractivity contribution in [1.29, 1.82) is 0 Å². The molecule has 0 aromatic carbocycles. The number of fused-ring (bicyclic) bond motifs is 5. The van der Waals surface area contributed by atoms with Crippen LogP contribution in [0.4, 0.5) is 0 Å². The first kappa shape index (κ1) is 22.0. The number of carbonyl (C=O) groups excluding carboxylic acids is 1. The minimum atomic E-state index is 0.138. The zero-order valence-electron chi connectivity index (χ0n) is 19.5. The number of methoxy groups -OCH3 is 1. The lowest BCUT2D eigenvalue weighted by atomic mass is 9.44. The number of ether oxygens (including phenoxy) is 1. The van der Waals surface area contributed by atoms with E-state index in [4.69, 9.17) is 4.74 Å². The van der Waals surface area contributed by atoms with Crippen molar-refractivity contribution < 1.29 is 9.53 Å². The quantitative estimate of drug-likeness (QED) is 0.445. The highest BCUT2D eigenvalue weighted by Crippen LogP contribution is 2.67. The second kappa shape index (κ2) is 8.37. The van der Waals surface area contributed by atoms with Crippen molar-refractivity contribution in [1.82, 2.24) is 5.12 Å². The molecular formula is C25H41N3O2. The Morgan fingerprint density at radius 2 is 1.83 bits per heavy atom. The number of hydrogen-bond donors (Lipinski definition) is 0. The van der Waals surface area contributed by atoms with Gasteiger partial charge in [-0.25, -0.2) is 0 Å². The van der Waals surface area contributed by atoms with Crippen LogP contribution in [-0.2, 0) is 9.53 Å². The van der Waals surface area contributed by atoms with Crippen molar-refractivity contribution in [2.45, 2.75) is 84.7 Å². The molecule has 0 amide bonds. The maximum atomic E-state index is 13.3. The molecule has 5 nitrogen and oxygen atoms in total. The molecule has 4 fully saturated rings. The minimum Gasteiger partial charge on any atom is -0.381 e. The second-order valence-corrected chi connectivity index (χ2v) is 11.0. The van der Waals surface area contributed by atoms with Crippen LogP contribution in [0.3, 0.4) is 0 Å². The molecule has 4 aliphatic carbocycles. The molecule has 0 spiro atoms. The first-order chi connectivity index (χ1) is 14.4. The highest BCUT2D eigenvalue weighted by molar-refractivity contribution is 5.84. The lowest BCUT2D eigenvalue weighted by Crippen LogP contribution is -2.55. The molecule has 0 saturated heterocycles. The molecule has 8 atom stereocenters. The topological polar surface area (TPSA) is 54.3 Å². The van der Waals surface area contributed by atoms with Crippen LogP contribution in [-0.4, -0.2) is 43.6 Å². The molecule has 0 aliphatic heterocycles. The maximum Gasteiger partial charge on any atom is 0.159 e. The van der Waals surface area contributed by atoms with Gasteiger partial charge in [0.25, 0.3) is 0 Å². The van der Waals surface area contributed by atoms with Crippen LogP contribution in [0.15, 0.2) is 10.2 Å². The highest BCUT2D eigenvalue weighted by atomic mass is 16.5. The van der Waals surface area contributed by atoms with Gasteiger partial charge in [0.2, 0.25) is 0 Å². The van der Waals surface area contributed by atoms with Crippen LogP contribution in [0.25, 0.3) is 0 Å². The van der Waals surface area contributed by atoms with E-state index in [1.807, 2.05) is 14.0 Å². The van der Waals surface area contributed by atoms with Gasteiger partial charge in [0.1, 0.15) is 6.54 Å². The Labute approximate surface area is 182 Å². The Morgan fingerprint density at radius 3 is 2.53 bits per heavy atom. The van der Waals surface area contributed by atoms with Crippen molar-refractivity contribution in [3.05, 3.63) is 0 Å². The fourth-order valence-corrected chi connectivity index (χ4v) is 8.55. The summed E-state index contributed by atoms with van der Waals surface area (Å²) in [4.78, 5) is 13.3. The van der Waals surface area contributed by atoms with Gasteiger partial charge in [0, 0.05) is 26.0 Å². The third-order valence-corrected chi connectivity index (χ3v) is 10.0. The monoisotopic (exact) mass is 415 g/mol. The molecule has 168 valence electrons.